The van der Waals surface area contributed by atoms with E-state index in [0.717, 1.165) is 26.2 Å². The molecule has 0 fully saturated rings. The summed E-state index contributed by atoms with van der Waals surface area (Å²) in [5.41, 5.74) is 2.61. The molecule has 0 saturated carbocycles. The van der Waals surface area contributed by atoms with Gasteiger partial charge in [0.1, 0.15) is 0 Å². The fourth-order valence-electron chi connectivity index (χ4n) is 2.39. The lowest BCUT2D eigenvalue weighted by Crippen LogP contribution is -2.36. The molecule has 0 spiro atoms. The lowest BCUT2D eigenvalue weighted by Gasteiger charge is -2.29. The molecule has 3 heteroatoms. The zero-order chi connectivity index (χ0) is 15.0. The molecule has 1 unspecified atom stereocenters. The zero-order valence-corrected chi connectivity index (χ0v) is 13.6. The number of benzene rings is 1. The molecule has 1 N–H and O–H groups in total. The van der Waals surface area contributed by atoms with E-state index < -0.39 is 0 Å². The van der Waals surface area contributed by atoms with Gasteiger partial charge in [0.15, 0.2) is 0 Å². The zero-order valence-electron chi connectivity index (χ0n) is 13.6. The molecule has 0 bridgehead atoms. The summed E-state index contributed by atoms with van der Waals surface area (Å²) in [6, 6.07) is 9.25. The second-order valence-corrected chi connectivity index (χ2v) is 5.78. The van der Waals surface area contributed by atoms with Crippen molar-refractivity contribution in [1.29, 1.82) is 0 Å². The van der Waals surface area contributed by atoms with Gasteiger partial charge in [0.05, 0.1) is 6.61 Å². The minimum absolute atomic E-state index is 0.398. The molecule has 0 aliphatic carbocycles. The standard InChI is InChI=1S/C17H30N2O/c1-6-19(15(4)13-20-5)17-9-7-16(8-10-17)12-18-11-14(2)3/h7-10,14-15,18H,6,11-13H2,1-5H3. The van der Waals surface area contributed by atoms with Crippen LogP contribution >= 0.6 is 0 Å². The fourth-order valence-corrected chi connectivity index (χ4v) is 2.39. The molecule has 0 aliphatic rings. The Bertz CT molecular complexity index is 362. The topological polar surface area (TPSA) is 24.5 Å². The Labute approximate surface area is 124 Å². The van der Waals surface area contributed by atoms with Crippen LogP contribution in [0.2, 0.25) is 0 Å². The predicted octanol–water partition coefficient (Wildman–Crippen LogP) is 3.29. The molecule has 3 nitrogen and oxygen atoms in total. The van der Waals surface area contributed by atoms with Crippen molar-refractivity contribution in [2.45, 2.75) is 40.3 Å². The summed E-state index contributed by atoms with van der Waals surface area (Å²) < 4.78 is 5.26. The molecule has 0 amide bonds. The van der Waals surface area contributed by atoms with Crippen LogP contribution in [0.25, 0.3) is 0 Å². The number of anilines is 1. The number of hydrogen-bond acceptors (Lipinski definition) is 3. The third kappa shape index (κ3) is 5.51. The molecule has 1 rings (SSSR count). The van der Waals surface area contributed by atoms with E-state index in [2.05, 4.69) is 62.2 Å². The number of likely N-dealkylation sites (N-methyl/N-ethyl adjacent to an activating group) is 1. The summed E-state index contributed by atoms with van der Waals surface area (Å²) >= 11 is 0. The molecule has 114 valence electrons. The summed E-state index contributed by atoms with van der Waals surface area (Å²) in [7, 11) is 1.76. The van der Waals surface area contributed by atoms with Crippen LogP contribution in [0.5, 0.6) is 0 Å². The van der Waals surface area contributed by atoms with Crippen molar-refractivity contribution in [1.82, 2.24) is 5.32 Å². The van der Waals surface area contributed by atoms with Crippen LogP contribution < -0.4 is 10.2 Å². The van der Waals surface area contributed by atoms with E-state index in [1.165, 1.54) is 11.3 Å². The lowest BCUT2D eigenvalue weighted by atomic mass is 10.1. The molecular weight excluding hydrogens is 248 g/mol. The van der Waals surface area contributed by atoms with Gasteiger partial charge in [-0.25, -0.2) is 0 Å². The molecule has 1 aromatic carbocycles. The summed E-state index contributed by atoms with van der Waals surface area (Å²) in [6.07, 6.45) is 0. The SMILES string of the molecule is CCN(c1ccc(CNCC(C)C)cc1)C(C)COC. The van der Waals surface area contributed by atoms with E-state index in [-0.39, 0.29) is 0 Å². The van der Waals surface area contributed by atoms with Crippen molar-refractivity contribution in [3.05, 3.63) is 29.8 Å². The van der Waals surface area contributed by atoms with E-state index in [4.69, 9.17) is 4.74 Å². The number of hydrogen-bond donors (Lipinski definition) is 1. The average Bonchev–Trinajstić information content (AvgIpc) is 2.41. The van der Waals surface area contributed by atoms with E-state index in [0.29, 0.717) is 12.0 Å². The number of nitrogens with one attached hydrogen (secondary N) is 1. The van der Waals surface area contributed by atoms with Crippen LogP contribution in [0.15, 0.2) is 24.3 Å². The highest BCUT2D eigenvalue weighted by Gasteiger charge is 2.12. The summed E-state index contributed by atoms with van der Waals surface area (Å²) in [6.45, 7) is 12.6. The molecular formula is C17H30N2O. The predicted molar refractivity (Wildman–Crippen MR) is 87.3 cm³/mol. The van der Waals surface area contributed by atoms with E-state index in [1.54, 1.807) is 7.11 Å². The van der Waals surface area contributed by atoms with Crippen molar-refractivity contribution in [3.8, 4) is 0 Å². The maximum atomic E-state index is 5.26. The van der Waals surface area contributed by atoms with Crippen LogP contribution in [-0.2, 0) is 11.3 Å². The quantitative estimate of drug-likeness (QED) is 0.750. The van der Waals surface area contributed by atoms with Crippen LogP contribution in [0.4, 0.5) is 5.69 Å². The van der Waals surface area contributed by atoms with Crippen LogP contribution in [0, 0.1) is 5.92 Å². The Hall–Kier alpha value is -1.06. The average molecular weight is 278 g/mol. The Morgan fingerprint density at radius 2 is 1.80 bits per heavy atom. The van der Waals surface area contributed by atoms with Crippen molar-refractivity contribution in [2.24, 2.45) is 5.92 Å². The smallest absolute Gasteiger partial charge is 0.0663 e. The highest BCUT2D eigenvalue weighted by atomic mass is 16.5. The minimum Gasteiger partial charge on any atom is -0.383 e. The van der Waals surface area contributed by atoms with E-state index in [9.17, 15) is 0 Å². The maximum absolute atomic E-state index is 5.26. The molecule has 1 atom stereocenters. The van der Waals surface area contributed by atoms with Gasteiger partial charge in [-0.2, -0.15) is 0 Å². The minimum atomic E-state index is 0.398. The van der Waals surface area contributed by atoms with Crippen molar-refractivity contribution in [2.75, 3.05) is 31.7 Å². The second kappa shape index (κ2) is 8.98. The molecule has 1 aromatic rings. The molecule has 20 heavy (non-hydrogen) atoms. The number of ether oxygens (including phenoxy) is 1. The second-order valence-electron chi connectivity index (χ2n) is 5.78. The van der Waals surface area contributed by atoms with Crippen molar-refractivity contribution < 1.29 is 4.74 Å². The van der Waals surface area contributed by atoms with Crippen LogP contribution in [-0.4, -0.2) is 32.8 Å². The van der Waals surface area contributed by atoms with Gasteiger partial charge in [-0.05, 0) is 44.0 Å². The first-order valence-electron chi connectivity index (χ1n) is 7.63. The largest absolute Gasteiger partial charge is 0.383 e. The van der Waals surface area contributed by atoms with Gasteiger partial charge < -0.3 is 15.0 Å². The van der Waals surface area contributed by atoms with Crippen molar-refractivity contribution in [3.63, 3.8) is 0 Å². The third-order valence-electron chi connectivity index (χ3n) is 3.43. The Balaban J connectivity index is 2.59. The number of methoxy groups -OCH3 is 1. The van der Waals surface area contributed by atoms with Gasteiger partial charge in [0.25, 0.3) is 0 Å². The normalized spacial score (nSPS) is 12.7. The summed E-state index contributed by atoms with van der Waals surface area (Å²) in [4.78, 5) is 2.37. The molecule has 0 aliphatic heterocycles. The molecule has 0 saturated heterocycles. The Morgan fingerprint density at radius 1 is 1.15 bits per heavy atom. The Morgan fingerprint density at radius 3 is 2.30 bits per heavy atom. The molecule has 0 aromatic heterocycles. The first-order chi connectivity index (χ1) is 9.58. The van der Waals surface area contributed by atoms with Gasteiger partial charge in [0, 0.05) is 31.9 Å². The highest BCUT2D eigenvalue weighted by Crippen LogP contribution is 2.18. The Kier molecular flexibility index (Phi) is 7.63. The van der Waals surface area contributed by atoms with Crippen LogP contribution in [0.3, 0.4) is 0 Å². The third-order valence-corrected chi connectivity index (χ3v) is 3.43. The maximum Gasteiger partial charge on any atom is 0.0663 e. The van der Waals surface area contributed by atoms with Gasteiger partial charge in [-0.15, -0.1) is 0 Å². The number of nitrogens with zero attached hydrogens (tertiary/aromatic N) is 1. The van der Waals surface area contributed by atoms with E-state index in [1.807, 2.05) is 0 Å². The monoisotopic (exact) mass is 278 g/mol. The van der Waals surface area contributed by atoms with Gasteiger partial charge >= 0.3 is 0 Å². The van der Waals surface area contributed by atoms with Gasteiger partial charge in [0.2, 0.25) is 0 Å². The number of rotatable bonds is 9. The van der Waals surface area contributed by atoms with Gasteiger partial charge in [-0.1, -0.05) is 26.0 Å². The van der Waals surface area contributed by atoms with Crippen LogP contribution in [0.1, 0.15) is 33.3 Å². The highest BCUT2D eigenvalue weighted by molar-refractivity contribution is 5.48. The first-order valence-corrected chi connectivity index (χ1v) is 7.63. The first kappa shape index (κ1) is 17.0. The molecule has 0 heterocycles. The summed E-state index contributed by atoms with van der Waals surface area (Å²) in [5, 5.41) is 3.47. The summed E-state index contributed by atoms with van der Waals surface area (Å²) in [5.74, 6) is 0.694. The fraction of sp³-hybridized carbons (Fsp3) is 0.647. The van der Waals surface area contributed by atoms with E-state index >= 15 is 0 Å². The lowest BCUT2D eigenvalue weighted by molar-refractivity contribution is 0.182. The van der Waals surface area contributed by atoms with Crippen molar-refractivity contribution >= 4 is 5.69 Å². The van der Waals surface area contributed by atoms with Gasteiger partial charge in [-0.3, -0.25) is 0 Å². The molecule has 0 radical (unpaired) electrons.